The lowest BCUT2D eigenvalue weighted by Gasteiger charge is -2.15. The van der Waals surface area contributed by atoms with Crippen LogP contribution in [0.25, 0.3) is 11.3 Å². The van der Waals surface area contributed by atoms with Gasteiger partial charge in [0, 0.05) is 23.0 Å². The second-order valence-electron chi connectivity index (χ2n) is 5.93. The van der Waals surface area contributed by atoms with E-state index in [1.807, 2.05) is 18.2 Å². The number of hydrogen-bond acceptors (Lipinski definition) is 5. The number of nitrogens with zero attached hydrogens (tertiary/aromatic N) is 1. The first-order valence-corrected chi connectivity index (χ1v) is 9.70. The van der Waals surface area contributed by atoms with Crippen LogP contribution in [-0.4, -0.2) is 19.7 Å². The average molecular weight is 416 g/mol. The van der Waals surface area contributed by atoms with E-state index in [9.17, 15) is 13.6 Å². The number of hydrogen-bond donors (Lipinski definition) is 1. The van der Waals surface area contributed by atoms with Gasteiger partial charge in [0.05, 0.1) is 28.2 Å². The van der Waals surface area contributed by atoms with Crippen molar-refractivity contribution in [3.8, 4) is 11.3 Å². The number of aromatic nitrogens is 1. The lowest BCUT2D eigenvalue weighted by Crippen LogP contribution is -2.13. The third kappa shape index (κ3) is 5.02. The van der Waals surface area contributed by atoms with Gasteiger partial charge in [-0.2, -0.15) is 0 Å². The maximum atomic E-state index is 12.6. The summed E-state index contributed by atoms with van der Waals surface area (Å²) in [7, 11) is 0. The van der Waals surface area contributed by atoms with Gasteiger partial charge in [0.1, 0.15) is 0 Å². The number of carbonyl (C=O) groups is 1. The summed E-state index contributed by atoms with van der Waals surface area (Å²) >= 11 is 3.63. The van der Waals surface area contributed by atoms with Gasteiger partial charge in [-0.3, -0.25) is 14.0 Å². The van der Waals surface area contributed by atoms with Crippen molar-refractivity contribution in [3.63, 3.8) is 0 Å². The van der Waals surface area contributed by atoms with Crippen LogP contribution in [0.15, 0.2) is 66.9 Å². The number of nitrogens with one attached hydrogen (secondary N) is 1. The molecule has 6 nitrogen and oxygen atoms in total. The summed E-state index contributed by atoms with van der Waals surface area (Å²) in [5.41, 5.74) is 2.91. The standard InChI is InChI=1S/C20H17ClN2O4S/c1-13(27-28(25)26)14-5-4-6-15(11-14)20(24)23-16-8-9-18(21)17(12-16)19-7-2-3-10-22-19/h2-13H,1H3,(H,23,24)(H,25,26)/p-1. The maximum absolute atomic E-state index is 12.6. The molecule has 0 saturated carbocycles. The minimum absolute atomic E-state index is 0.341. The highest BCUT2D eigenvalue weighted by Crippen LogP contribution is 2.29. The third-order valence-electron chi connectivity index (χ3n) is 4.01. The van der Waals surface area contributed by atoms with E-state index in [0.717, 1.165) is 0 Å². The molecule has 0 spiro atoms. The quantitative estimate of drug-likeness (QED) is 0.597. The first kappa shape index (κ1) is 20.2. The molecule has 0 saturated heterocycles. The number of rotatable bonds is 6. The number of anilines is 1. The summed E-state index contributed by atoms with van der Waals surface area (Å²) in [6.07, 6.45) is 0.970. The van der Waals surface area contributed by atoms with Gasteiger partial charge in [0.2, 0.25) is 0 Å². The molecule has 1 amide bonds. The molecule has 0 aliphatic heterocycles. The van der Waals surface area contributed by atoms with Crippen LogP contribution in [0.5, 0.6) is 0 Å². The maximum Gasteiger partial charge on any atom is 0.255 e. The van der Waals surface area contributed by atoms with E-state index in [-0.39, 0.29) is 5.91 Å². The number of amides is 1. The van der Waals surface area contributed by atoms with Crippen molar-refractivity contribution >= 4 is 34.6 Å². The Balaban J connectivity index is 1.81. The molecule has 1 aromatic heterocycles. The van der Waals surface area contributed by atoms with E-state index < -0.39 is 17.5 Å². The molecular formula is C20H16ClN2O4S-. The normalized spacial score (nSPS) is 13.0. The van der Waals surface area contributed by atoms with Gasteiger partial charge in [0.25, 0.3) is 5.91 Å². The van der Waals surface area contributed by atoms with Gasteiger partial charge >= 0.3 is 0 Å². The zero-order valence-corrected chi connectivity index (χ0v) is 16.4. The molecule has 1 N–H and O–H groups in total. The molecule has 0 aliphatic carbocycles. The predicted molar refractivity (Wildman–Crippen MR) is 107 cm³/mol. The van der Waals surface area contributed by atoms with Crippen molar-refractivity contribution in [1.82, 2.24) is 4.98 Å². The first-order valence-electron chi connectivity index (χ1n) is 8.32. The highest BCUT2D eigenvalue weighted by Gasteiger charge is 2.13. The van der Waals surface area contributed by atoms with Crippen molar-refractivity contribution in [2.75, 3.05) is 5.32 Å². The Labute approximate surface area is 170 Å². The highest BCUT2D eigenvalue weighted by atomic mass is 35.5. The fraction of sp³-hybridized carbons (Fsp3) is 0.100. The Bertz CT molecular complexity index is 1010. The second-order valence-corrected chi connectivity index (χ2v) is 6.94. The Morgan fingerprint density at radius 1 is 1.18 bits per heavy atom. The lowest BCUT2D eigenvalue weighted by molar-refractivity contribution is 0.102. The molecular weight excluding hydrogens is 400 g/mol. The fourth-order valence-electron chi connectivity index (χ4n) is 2.63. The van der Waals surface area contributed by atoms with Crippen molar-refractivity contribution in [2.24, 2.45) is 0 Å². The van der Waals surface area contributed by atoms with Crippen LogP contribution in [0, 0.1) is 0 Å². The number of halogens is 1. The fourth-order valence-corrected chi connectivity index (χ4v) is 3.19. The minimum atomic E-state index is -2.64. The van der Waals surface area contributed by atoms with E-state index >= 15 is 0 Å². The van der Waals surface area contributed by atoms with Gasteiger partial charge in [-0.25, -0.2) is 4.21 Å². The van der Waals surface area contributed by atoms with Crippen molar-refractivity contribution in [3.05, 3.63) is 83.0 Å². The summed E-state index contributed by atoms with van der Waals surface area (Å²) < 4.78 is 26.1. The first-order chi connectivity index (χ1) is 13.4. The van der Waals surface area contributed by atoms with Crippen LogP contribution in [0.1, 0.15) is 28.9 Å². The van der Waals surface area contributed by atoms with Crippen LogP contribution in [0.2, 0.25) is 5.02 Å². The summed E-state index contributed by atoms with van der Waals surface area (Å²) in [4.78, 5) is 16.9. The molecule has 2 aromatic carbocycles. The minimum Gasteiger partial charge on any atom is -0.750 e. The average Bonchev–Trinajstić information content (AvgIpc) is 2.69. The summed E-state index contributed by atoms with van der Waals surface area (Å²) in [5, 5.41) is 3.34. The topological polar surface area (TPSA) is 91.4 Å². The van der Waals surface area contributed by atoms with Crippen LogP contribution >= 0.6 is 11.6 Å². The molecule has 0 fully saturated rings. The molecule has 2 atom stereocenters. The van der Waals surface area contributed by atoms with Crippen molar-refractivity contribution < 1.29 is 17.7 Å². The van der Waals surface area contributed by atoms with E-state index in [1.165, 1.54) is 0 Å². The predicted octanol–water partition coefficient (Wildman–Crippen LogP) is 4.53. The van der Waals surface area contributed by atoms with Gasteiger partial charge in [0.15, 0.2) is 0 Å². The van der Waals surface area contributed by atoms with E-state index in [4.69, 9.17) is 15.8 Å². The van der Waals surface area contributed by atoms with Crippen molar-refractivity contribution in [1.29, 1.82) is 0 Å². The smallest absolute Gasteiger partial charge is 0.255 e. The van der Waals surface area contributed by atoms with Crippen LogP contribution < -0.4 is 5.32 Å². The molecule has 0 bridgehead atoms. The Morgan fingerprint density at radius 2 is 2.00 bits per heavy atom. The third-order valence-corrected chi connectivity index (χ3v) is 4.78. The SMILES string of the molecule is CC(OS(=O)[O-])c1cccc(C(=O)Nc2ccc(Cl)c(-c3ccccn3)c2)c1. The van der Waals surface area contributed by atoms with Gasteiger partial charge in [-0.05, 0) is 55.0 Å². The number of carbonyl (C=O) groups excluding carboxylic acids is 1. The molecule has 8 heteroatoms. The molecule has 3 rings (SSSR count). The molecule has 3 aromatic rings. The van der Waals surface area contributed by atoms with E-state index in [0.29, 0.717) is 33.1 Å². The second kappa shape index (κ2) is 9.07. The van der Waals surface area contributed by atoms with Gasteiger partial charge in [-0.1, -0.05) is 29.8 Å². The number of benzene rings is 2. The van der Waals surface area contributed by atoms with Crippen LogP contribution in [0.3, 0.4) is 0 Å². The molecule has 144 valence electrons. The highest BCUT2D eigenvalue weighted by molar-refractivity contribution is 7.74. The zero-order chi connectivity index (χ0) is 20.1. The lowest BCUT2D eigenvalue weighted by atomic mass is 10.1. The molecule has 0 aliphatic rings. The summed E-state index contributed by atoms with van der Waals surface area (Å²) in [6, 6.07) is 17.2. The van der Waals surface area contributed by atoms with Crippen LogP contribution in [0.4, 0.5) is 5.69 Å². The monoisotopic (exact) mass is 415 g/mol. The zero-order valence-electron chi connectivity index (χ0n) is 14.8. The molecule has 1 heterocycles. The van der Waals surface area contributed by atoms with Gasteiger partial charge < -0.3 is 9.87 Å². The Hall–Kier alpha value is -2.58. The van der Waals surface area contributed by atoms with Crippen molar-refractivity contribution in [2.45, 2.75) is 13.0 Å². The van der Waals surface area contributed by atoms with E-state index in [1.54, 1.807) is 55.6 Å². The number of pyridine rings is 1. The summed E-state index contributed by atoms with van der Waals surface area (Å²) in [5.74, 6) is -0.341. The molecule has 28 heavy (non-hydrogen) atoms. The van der Waals surface area contributed by atoms with Crippen LogP contribution in [-0.2, 0) is 15.5 Å². The Kier molecular flexibility index (Phi) is 6.53. The largest absolute Gasteiger partial charge is 0.750 e. The summed E-state index contributed by atoms with van der Waals surface area (Å²) in [6.45, 7) is 1.59. The van der Waals surface area contributed by atoms with E-state index in [2.05, 4.69) is 10.3 Å². The van der Waals surface area contributed by atoms with Gasteiger partial charge in [-0.15, -0.1) is 0 Å². The Morgan fingerprint density at radius 3 is 2.71 bits per heavy atom. The molecule has 2 unspecified atom stereocenters. The molecule has 0 radical (unpaired) electrons.